The van der Waals surface area contributed by atoms with Crippen molar-refractivity contribution in [3.05, 3.63) is 56.7 Å². The van der Waals surface area contributed by atoms with Gasteiger partial charge in [-0.1, -0.05) is 17.7 Å². The number of nitrogens with one attached hydrogen (secondary N) is 1. The molecule has 23 heavy (non-hydrogen) atoms. The Morgan fingerprint density at radius 3 is 2.74 bits per heavy atom. The largest absolute Gasteiger partial charge is 0.298 e. The Morgan fingerprint density at radius 1 is 1.30 bits per heavy atom. The van der Waals surface area contributed by atoms with Crippen molar-refractivity contribution in [2.45, 2.75) is 6.92 Å². The summed E-state index contributed by atoms with van der Waals surface area (Å²) in [5.41, 5.74) is 2.24. The zero-order valence-corrected chi connectivity index (χ0v) is 14.4. The fraction of sp³-hybridized carbons (Fsp3) is 0.0625. The van der Waals surface area contributed by atoms with Gasteiger partial charge in [-0.15, -0.1) is 0 Å². The predicted molar refractivity (Wildman–Crippen MR) is 96.7 cm³/mol. The Hall–Kier alpha value is -2.02. The number of rotatable bonds is 2. The number of nitrogens with zero attached hydrogens (tertiary/aromatic N) is 1. The van der Waals surface area contributed by atoms with Gasteiger partial charge >= 0.3 is 0 Å². The van der Waals surface area contributed by atoms with Crippen LogP contribution >= 0.6 is 35.2 Å². The molecule has 0 spiro atoms. The molecule has 0 radical (unpaired) electrons. The predicted octanol–water partition coefficient (Wildman–Crippen LogP) is 3.54. The van der Waals surface area contributed by atoms with Crippen molar-refractivity contribution in [3.8, 4) is 0 Å². The van der Waals surface area contributed by atoms with Gasteiger partial charge in [-0.3, -0.25) is 19.8 Å². The van der Waals surface area contributed by atoms with Crippen LogP contribution in [0.3, 0.4) is 0 Å². The van der Waals surface area contributed by atoms with E-state index in [0.717, 1.165) is 11.1 Å². The maximum Gasteiger partial charge on any atom is 0.270 e. The summed E-state index contributed by atoms with van der Waals surface area (Å²) >= 11 is 12.8. The fourth-order valence-corrected chi connectivity index (χ4v) is 3.21. The standard InChI is InChI=1S/C16H11ClN2O2S2/c1-9-2-3-11(7-13(9)17)19-15(21)12(14(20)18-16(19)22)6-10-4-5-23-8-10/h2-8H,1H3,(H,18,20,22)/b12-6+. The number of thiocarbonyl (C=S) groups is 1. The highest BCUT2D eigenvalue weighted by Crippen LogP contribution is 2.26. The quantitative estimate of drug-likeness (QED) is 0.505. The first-order valence-corrected chi connectivity index (χ1v) is 8.40. The third-order valence-corrected chi connectivity index (χ3v) is 4.76. The average Bonchev–Trinajstić information content (AvgIpc) is 3.00. The summed E-state index contributed by atoms with van der Waals surface area (Å²) in [4.78, 5) is 26.1. The Labute approximate surface area is 147 Å². The highest BCUT2D eigenvalue weighted by molar-refractivity contribution is 7.80. The highest BCUT2D eigenvalue weighted by Gasteiger charge is 2.34. The fourth-order valence-electron chi connectivity index (χ4n) is 2.14. The number of thiophene rings is 1. The summed E-state index contributed by atoms with van der Waals surface area (Å²) in [5.74, 6) is -0.967. The van der Waals surface area contributed by atoms with Gasteiger partial charge in [-0.05, 0) is 65.3 Å². The molecule has 1 fully saturated rings. The van der Waals surface area contributed by atoms with E-state index in [4.69, 9.17) is 23.8 Å². The lowest BCUT2D eigenvalue weighted by molar-refractivity contribution is -0.122. The van der Waals surface area contributed by atoms with Gasteiger partial charge in [0.05, 0.1) is 5.69 Å². The molecule has 0 bridgehead atoms. The van der Waals surface area contributed by atoms with Crippen molar-refractivity contribution in [1.82, 2.24) is 5.32 Å². The van der Waals surface area contributed by atoms with E-state index in [-0.39, 0.29) is 10.7 Å². The van der Waals surface area contributed by atoms with Crippen LogP contribution in [-0.4, -0.2) is 16.9 Å². The minimum Gasteiger partial charge on any atom is -0.298 e. The number of aryl methyl sites for hydroxylation is 1. The van der Waals surface area contributed by atoms with Crippen molar-refractivity contribution in [2.75, 3.05) is 4.90 Å². The molecule has 7 heteroatoms. The van der Waals surface area contributed by atoms with Gasteiger partial charge in [0.2, 0.25) is 0 Å². The molecule has 116 valence electrons. The number of halogens is 1. The van der Waals surface area contributed by atoms with Gasteiger partial charge in [0.15, 0.2) is 5.11 Å². The third kappa shape index (κ3) is 3.06. The van der Waals surface area contributed by atoms with Crippen molar-refractivity contribution in [2.24, 2.45) is 0 Å². The highest BCUT2D eigenvalue weighted by atomic mass is 35.5. The van der Waals surface area contributed by atoms with Crippen LogP contribution in [0.5, 0.6) is 0 Å². The molecule has 0 atom stereocenters. The molecular weight excluding hydrogens is 352 g/mol. The van der Waals surface area contributed by atoms with E-state index in [2.05, 4.69) is 5.32 Å². The summed E-state index contributed by atoms with van der Waals surface area (Å²) in [6, 6.07) is 7.02. The van der Waals surface area contributed by atoms with Crippen molar-refractivity contribution >= 4 is 63.8 Å². The lowest BCUT2D eigenvalue weighted by atomic mass is 10.1. The molecule has 0 saturated carbocycles. The maximum absolute atomic E-state index is 12.7. The van der Waals surface area contributed by atoms with Crippen LogP contribution in [0.2, 0.25) is 5.02 Å². The Bertz CT molecular complexity index is 844. The number of anilines is 1. The summed E-state index contributed by atoms with van der Waals surface area (Å²) in [6.45, 7) is 1.87. The number of carbonyl (C=O) groups excluding carboxylic acids is 2. The van der Waals surface area contributed by atoms with Crippen molar-refractivity contribution < 1.29 is 9.59 Å². The van der Waals surface area contributed by atoms with Crippen LogP contribution in [0, 0.1) is 6.92 Å². The van der Waals surface area contributed by atoms with Crippen LogP contribution in [-0.2, 0) is 9.59 Å². The Morgan fingerprint density at radius 2 is 2.09 bits per heavy atom. The average molecular weight is 363 g/mol. The van der Waals surface area contributed by atoms with E-state index in [9.17, 15) is 9.59 Å². The second-order valence-corrected chi connectivity index (χ2v) is 6.52. The molecule has 1 aliphatic rings. The molecule has 2 heterocycles. The summed E-state index contributed by atoms with van der Waals surface area (Å²) < 4.78 is 0. The zero-order valence-electron chi connectivity index (χ0n) is 12.0. The maximum atomic E-state index is 12.7. The number of amides is 2. The lowest BCUT2D eigenvalue weighted by Crippen LogP contribution is -2.54. The number of hydrogen-bond donors (Lipinski definition) is 1. The first-order chi connectivity index (χ1) is 11.0. The van der Waals surface area contributed by atoms with Crippen LogP contribution < -0.4 is 10.2 Å². The minimum atomic E-state index is -0.499. The van der Waals surface area contributed by atoms with E-state index < -0.39 is 11.8 Å². The normalized spacial score (nSPS) is 16.9. The second kappa shape index (κ2) is 6.23. The van der Waals surface area contributed by atoms with E-state index in [1.165, 1.54) is 16.2 Å². The molecule has 0 unspecified atom stereocenters. The molecule has 1 aromatic carbocycles. The summed E-state index contributed by atoms with van der Waals surface area (Å²) in [6.07, 6.45) is 1.55. The van der Waals surface area contributed by atoms with Gasteiger partial charge in [0.25, 0.3) is 11.8 Å². The van der Waals surface area contributed by atoms with Crippen LogP contribution in [0.15, 0.2) is 40.6 Å². The molecule has 1 aliphatic heterocycles. The summed E-state index contributed by atoms with van der Waals surface area (Å²) in [5, 5.41) is 6.84. The lowest BCUT2D eigenvalue weighted by Gasteiger charge is -2.29. The zero-order chi connectivity index (χ0) is 16.6. The van der Waals surface area contributed by atoms with Gasteiger partial charge in [-0.25, -0.2) is 0 Å². The topological polar surface area (TPSA) is 49.4 Å². The molecule has 0 aliphatic carbocycles. The molecule has 4 nitrogen and oxygen atoms in total. The van der Waals surface area contributed by atoms with Gasteiger partial charge in [0.1, 0.15) is 5.57 Å². The SMILES string of the molecule is Cc1ccc(N2C(=O)/C(=C/c3ccsc3)C(=O)NC2=S)cc1Cl. The van der Waals surface area contributed by atoms with Gasteiger partial charge in [0, 0.05) is 5.02 Å². The molecule has 1 saturated heterocycles. The third-order valence-electron chi connectivity index (χ3n) is 3.37. The Kier molecular flexibility index (Phi) is 4.30. The minimum absolute atomic E-state index is 0.0358. The summed E-state index contributed by atoms with van der Waals surface area (Å²) in [7, 11) is 0. The van der Waals surface area contributed by atoms with Crippen LogP contribution in [0.4, 0.5) is 5.69 Å². The van der Waals surface area contributed by atoms with E-state index >= 15 is 0 Å². The monoisotopic (exact) mass is 362 g/mol. The molecule has 3 rings (SSSR count). The van der Waals surface area contributed by atoms with E-state index in [0.29, 0.717) is 10.7 Å². The smallest absolute Gasteiger partial charge is 0.270 e. The number of benzene rings is 1. The number of hydrogen-bond acceptors (Lipinski definition) is 4. The molecule has 2 amide bonds. The Balaban J connectivity index is 2.03. The first kappa shape index (κ1) is 15.9. The molecule has 1 aromatic heterocycles. The second-order valence-electron chi connectivity index (χ2n) is 4.95. The van der Waals surface area contributed by atoms with E-state index in [1.807, 2.05) is 23.8 Å². The van der Waals surface area contributed by atoms with Gasteiger partial charge in [-0.2, -0.15) is 11.3 Å². The number of carbonyl (C=O) groups is 2. The van der Waals surface area contributed by atoms with Crippen LogP contribution in [0.1, 0.15) is 11.1 Å². The van der Waals surface area contributed by atoms with E-state index in [1.54, 1.807) is 24.3 Å². The first-order valence-electron chi connectivity index (χ1n) is 6.67. The molecule has 1 N–H and O–H groups in total. The van der Waals surface area contributed by atoms with Crippen LogP contribution in [0.25, 0.3) is 6.08 Å². The molecular formula is C16H11ClN2O2S2. The van der Waals surface area contributed by atoms with Crippen molar-refractivity contribution in [3.63, 3.8) is 0 Å². The molecule has 2 aromatic rings. The van der Waals surface area contributed by atoms with Crippen molar-refractivity contribution in [1.29, 1.82) is 0 Å². The van der Waals surface area contributed by atoms with Gasteiger partial charge < -0.3 is 0 Å².